The first-order chi connectivity index (χ1) is 11.1. The summed E-state index contributed by atoms with van der Waals surface area (Å²) in [5.74, 6) is 0.433. The van der Waals surface area contributed by atoms with Crippen molar-refractivity contribution in [2.45, 2.75) is 6.61 Å². The van der Waals surface area contributed by atoms with E-state index in [-0.39, 0.29) is 18.1 Å². The lowest BCUT2D eigenvalue weighted by Crippen LogP contribution is -2.17. The predicted octanol–water partition coefficient (Wildman–Crippen LogP) is 2.83. The number of rotatable bonds is 4. The van der Waals surface area contributed by atoms with Crippen molar-refractivity contribution in [2.75, 3.05) is 7.11 Å². The topological polar surface area (TPSA) is 60.7 Å². The van der Waals surface area contributed by atoms with Gasteiger partial charge in [0.2, 0.25) is 5.75 Å². The number of methoxy groups -OCH3 is 1. The number of nitrogens with zero attached hydrogens (tertiary/aromatic N) is 1. The molecular formula is C18H17NO4. The number of aromatic nitrogens is 1. The van der Waals surface area contributed by atoms with Gasteiger partial charge in [0.25, 0.3) is 5.56 Å². The smallest absolute Gasteiger partial charge is 0.296 e. The molecule has 0 aliphatic heterocycles. The Balaban J connectivity index is 2.10. The Morgan fingerprint density at radius 1 is 1.13 bits per heavy atom. The normalized spacial score (nSPS) is 10.7. The van der Waals surface area contributed by atoms with Crippen LogP contribution < -0.4 is 15.0 Å². The van der Waals surface area contributed by atoms with Crippen LogP contribution >= 0.6 is 0 Å². The van der Waals surface area contributed by atoms with E-state index in [0.717, 1.165) is 5.56 Å². The highest BCUT2D eigenvalue weighted by molar-refractivity contribution is 5.88. The molecule has 2 aromatic carbocycles. The molecule has 1 aromatic heterocycles. The van der Waals surface area contributed by atoms with Gasteiger partial charge in [-0.25, -0.2) is 0 Å². The molecule has 118 valence electrons. The molecule has 5 nitrogen and oxygen atoms in total. The van der Waals surface area contributed by atoms with Gasteiger partial charge < -0.3 is 19.1 Å². The van der Waals surface area contributed by atoms with Crippen molar-refractivity contribution < 1.29 is 14.6 Å². The first-order valence-electron chi connectivity index (χ1n) is 7.18. The van der Waals surface area contributed by atoms with Crippen LogP contribution in [-0.2, 0) is 13.7 Å². The number of ether oxygens (including phenoxy) is 2. The van der Waals surface area contributed by atoms with Crippen LogP contribution in [0.25, 0.3) is 10.9 Å². The minimum Gasteiger partial charge on any atom is -0.500 e. The van der Waals surface area contributed by atoms with Crippen LogP contribution in [0.15, 0.2) is 53.3 Å². The van der Waals surface area contributed by atoms with Crippen molar-refractivity contribution in [3.8, 4) is 17.2 Å². The fourth-order valence-corrected chi connectivity index (χ4v) is 2.48. The van der Waals surface area contributed by atoms with Crippen LogP contribution in [0.5, 0.6) is 17.2 Å². The highest BCUT2D eigenvalue weighted by atomic mass is 16.5. The Hall–Kier alpha value is -2.95. The van der Waals surface area contributed by atoms with Crippen molar-refractivity contribution in [2.24, 2.45) is 7.05 Å². The van der Waals surface area contributed by atoms with E-state index in [2.05, 4.69) is 0 Å². The van der Waals surface area contributed by atoms with Gasteiger partial charge in [-0.15, -0.1) is 0 Å². The number of aromatic hydroxyl groups is 1. The third-order valence-corrected chi connectivity index (χ3v) is 3.76. The summed E-state index contributed by atoms with van der Waals surface area (Å²) in [6.45, 7) is 0.267. The number of aryl methyl sites for hydroxylation is 1. The van der Waals surface area contributed by atoms with Crippen LogP contribution in [0.3, 0.4) is 0 Å². The molecule has 3 aromatic rings. The van der Waals surface area contributed by atoms with E-state index in [1.807, 2.05) is 30.3 Å². The summed E-state index contributed by atoms with van der Waals surface area (Å²) >= 11 is 0. The van der Waals surface area contributed by atoms with Crippen molar-refractivity contribution in [3.63, 3.8) is 0 Å². The number of fused-ring (bicyclic) bond motifs is 1. The summed E-state index contributed by atoms with van der Waals surface area (Å²) in [6, 6.07) is 14.9. The molecule has 1 heterocycles. The third kappa shape index (κ3) is 2.73. The molecule has 23 heavy (non-hydrogen) atoms. The fourth-order valence-electron chi connectivity index (χ4n) is 2.48. The van der Waals surface area contributed by atoms with Crippen LogP contribution in [0, 0.1) is 0 Å². The van der Waals surface area contributed by atoms with Gasteiger partial charge >= 0.3 is 0 Å². The summed E-state index contributed by atoms with van der Waals surface area (Å²) in [5.41, 5.74) is 1.08. The molecule has 0 aliphatic carbocycles. The van der Waals surface area contributed by atoms with Gasteiger partial charge in [-0.1, -0.05) is 30.3 Å². The molecule has 0 bridgehead atoms. The molecule has 1 N–H and O–H groups in total. The summed E-state index contributed by atoms with van der Waals surface area (Å²) in [4.78, 5) is 12.2. The highest BCUT2D eigenvalue weighted by Gasteiger charge is 2.16. The van der Waals surface area contributed by atoms with Gasteiger partial charge in [0.1, 0.15) is 12.4 Å². The van der Waals surface area contributed by atoms with Gasteiger partial charge in [0.15, 0.2) is 5.75 Å². The maximum absolute atomic E-state index is 12.2. The predicted molar refractivity (Wildman–Crippen MR) is 88.2 cm³/mol. The Labute approximate surface area is 133 Å². The summed E-state index contributed by atoms with van der Waals surface area (Å²) < 4.78 is 12.3. The van der Waals surface area contributed by atoms with Gasteiger partial charge in [-0.05, 0) is 17.7 Å². The highest BCUT2D eigenvalue weighted by Crippen LogP contribution is 2.33. The van der Waals surface area contributed by atoms with Gasteiger partial charge in [-0.3, -0.25) is 4.79 Å². The van der Waals surface area contributed by atoms with Gasteiger partial charge in [-0.2, -0.15) is 0 Å². The summed E-state index contributed by atoms with van der Waals surface area (Å²) in [7, 11) is 3.16. The van der Waals surface area contributed by atoms with Crippen LogP contribution in [0.2, 0.25) is 0 Å². The Morgan fingerprint density at radius 3 is 2.57 bits per heavy atom. The zero-order chi connectivity index (χ0) is 16.4. The lowest BCUT2D eigenvalue weighted by molar-refractivity contribution is 0.290. The lowest BCUT2D eigenvalue weighted by Gasteiger charge is -2.14. The Kier molecular flexibility index (Phi) is 3.93. The Bertz CT molecular complexity index is 900. The molecule has 0 unspecified atom stereocenters. The first-order valence-corrected chi connectivity index (χ1v) is 7.18. The lowest BCUT2D eigenvalue weighted by atomic mass is 10.1. The number of hydrogen-bond acceptors (Lipinski definition) is 4. The molecule has 0 saturated heterocycles. The second-order valence-corrected chi connectivity index (χ2v) is 5.20. The minimum atomic E-state index is -0.506. The fraction of sp³-hybridized carbons (Fsp3) is 0.167. The SMILES string of the molecule is COc1ccc2c(OCc3ccccc3)c(O)c(=O)n(C)c2c1. The van der Waals surface area contributed by atoms with Gasteiger partial charge in [0.05, 0.1) is 12.6 Å². The van der Waals surface area contributed by atoms with E-state index in [0.29, 0.717) is 16.7 Å². The number of benzene rings is 2. The molecule has 0 fully saturated rings. The minimum absolute atomic E-state index is 0.189. The van der Waals surface area contributed by atoms with E-state index in [1.165, 1.54) is 4.57 Å². The van der Waals surface area contributed by atoms with Crippen LogP contribution in [0.1, 0.15) is 5.56 Å². The molecule has 0 radical (unpaired) electrons. The van der Waals surface area contributed by atoms with Crippen molar-refractivity contribution in [3.05, 3.63) is 64.4 Å². The monoisotopic (exact) mass is 311 g/mol. The largest absolute Gasteiger partial charge is 0.500 e. The second kappa shape index (κ2) is 6.04. The van der Waals surface area contributed by atoms with Crippen molar-refractivity contribution >= 4 is 10.9 Å². The maximum Gasteiger partial charge on any atom is 0.296 e. The van der Waals surface area contributed by atoms with Crippen LogP contribution in [-0.4, -0.2) is 16.8 Å². The first kappa shape index (κ1) is 15.0. The number of pyridine rings is 1. The molecule has 5 heteroatoms. The van der Waals surface area contributed by atoms with Crippen molar-refractivity contribution in [1.29, 1.82) is 0 Å². The summed E-state index contributed by atoms with van der Waals surface area (Å²) in [6.07, 6.45) is 0. The molecule has 0 amide bonds. The zero-order valence-electron chi connectivity index (χ0n) is 12.9. The number of hydrogen-bond donors (Lipinski definition) is 1. The van der Waals surface area contributed by atoms with Crippen LogP contribution in [0.4, 0.5) is 0 Å². The maximum atomic E-state index is 12.2. The third-order valence-electron chi connectivity index (χ3n) is 3.76. The average Bonchev–Trinajstić information content (AvgIpc) is 2.60. The molecule has 0 atom stereocenters. The van der Waals surface area contributed by atoms with Gasteiger partial charge in [0, 0.05) is 18.5 Å². The van der Waals surface area contributed by atoms with E-state index < -0.39 is 5.56 Å². The zero-order valence-corrected chi connectivity index (χ0v) is 12.9. The molecule has 0 saturated carbocycles. The van der Waals surface area contributed by atoms with E-state index in [4.69, 9.17) is 9.47 Å². The van der Waals surface area contributed by atoms with Crippen molar-refractivity contribution in [1.82, 2.24) is 4.57 Å². The Morgan fingerprint density at radius 2 is 1.87 bits per heavy atom. The van der Waals surface area contributed by atoms with E-state index >= 15 is 0 Å². The second-order valence-electron chi connectivity index (χ2n) is 5.20. The standard InChI is InChI=1S/C18H17NO4/c1-19-15-10-13(22-2)8-9-14(15)17(16(20)18(19)21)23-11-12-6-4-3-5-7-12/h3-10,20H,11H2,1-2H3. The average molecular weight is 311 g/mol. The molecule has 0 aliphatic rings. The van der Waals surface area contributed by atoms with E-state index in [1.54, 1.807) is 32.4 Å². The quantitative estimate of drug-likeness (QED) is 0.805. The molecular weight excluding hydrogens is 294 g/mol. The van der Waals surface area contributed by atoms with E-state index in [9.17, 15) is 9.90 Å². The molecule has 0 spiro atoms. The molecule has 3 rings (SSSR count). The summed E-state index contributed by atoms with van der Waals surface area (Å²) in [5, 5.41) is 10.8.